The summed E-state index contributed by atoms with van der Waals surface area (Å²) in [6, 6.07) is 17.5. The van der Waals surface area contributed by atoms with Crippen LogP contribution < -0.4 is 10.6 Å². The number of guanidine groups is 1. The summed E-state index contributed by atoms with van der Waals surface area (Å²) in [7, 11) is 1.29. The van der Waals surface area contributed by atoms with Crippen LogP contribution in [-0.2, 0) is 14.3 Å². The average Bonchev–Trinajstić information content (AvgIpc) is 2.75. The van der Waals surface area contributed by atoms with Gasteiger partial charge < -0.3 is 4.74 Å². The molecule has 0 saturated heterocycles. The van der Waals surface area contributed by atoms with Gasteiger partial charge in [0, 0.05) is 10.9 Å². The van der Waals surface area contributed by atoms with E-state index >= 15 is 0 Å². The van der Waals surface area contributed by atoms with E-state index in [0.717, 1.165) is 22.2 Å². The number of hydrogen-bond donors (Lipinski definition) is 2. The van der Waals surface area contributed by atoms with Gasteiger partial charge in [0.25, 0.3) is 0 Å². The molecule has 0 saturated carbocycles. The minimum Gasteiger partial charge on any atom is -0.469 e. The zero-order valence-corrected chi connectivity index (χ0v) is 15.8. The van der Waals surface area contributed by atoms with Crippen molar-refractivity contribution in [2.45, 2.75) is 6.42 Å². The zero-order chi connectivity index (χ0) is 20.2. The minimum absolute atomic E-state index is 0.0102. The number of carbonyl (C=O) groups is 2. The number of anilines is 1. The molecule has 0 unspecified atom stereocenters. The number of para-hydroxylation sites is 1. The molecule has 146 valence electrons. The van der Waals surface area contributed by atoms with Crippen molar-refractivity contribution < 1.29 is 14.3 Å². The molecule has 2 heterocycles. The van der Waals surface area contributed by atoms with E-state index in [-0.39, 0.29) is 24.8 Å². The number of methoxy groups -OCH3 is 1. The summed E-state index contributed by atoms with van der Waals surface area (Å²) in [6.07, 6.45) is -0.0102. The Bertz CT molecular complexity index is 1100. The Labute approximate surface area is 167 Å². The van der Waals surface area contributed by atoms with E-state index in [1.807, 2.05) is 54.6 Å². The summed E-state index contributed by atoms with van der Waals surface area (Å²) >= 11 is 0. The summed E-state index contributed by atoms with van der Waals surface area (Å²) in [6.45, 7) is 0.183. The molecular formula is C21H19N5O3. The van der Waals surface area contributed by atoms with E-state index in [2.05, 4.69) is 30.3 Å². The third kappa shape index (κ3) is 4.06. The van der Waals surface area contributed by atoms with Gasteiger partial charge in [0.2, 0.25) is 17.8 Å². The van der Waals surface area contributed by atoms with E-state index in [1.165, 1.54) is 7.11 Å². The van der Waals surface area contributed by atoms with Gasteiger partial charge in [-0.25, -0.2) is 9.97 Å². The topological polar surface area (TPSA) is 106 Å². The molecule has 0 fully saturated rings. The van der Waals surface area contributed by atoms with Gasteiger partial charge in [-0.05, 0) is 6.07 Å². The number of nitrogens with zero attached hydrogens (tertiary/aromatic N) is 3. The predicted molar refractivity (Wildman–Crippen MR) is 109 cm³/mol. The summed E-state index contributed by atoms with van der Waals surface area (Å²) in [5, 5.41) is 6.57. The molecule has 2 N–H and O–H groups in total. The van der Waals surface area contributed by atoms with Crippen LogP contribution in [0, 0.1) is 5.92 Å². The number of carbonyl (C=O) groups excluding carboxylic acids is 2. The summed E-state index contributed by atoms with van der Waals surface area (Å²) in [5.41, 5.74) is 2.52. The van der Waals surface area contributed by atoms with Gasteiger partial charge in [0.05, 0.1) is 37.2 Å². The predicted octanol–water partition coefficient (Wildman–Crippen LogP) is 2.37. The minimum atomic E-state index is -0.551. The lowest BCUT2D eigenvalue weighted by Crippen LogP contribution is -2.45. The van der Waals surface area contributed by atoms with Crippen LogP contribution in [0.3, 0.4) is 0 Å². The first-order valence-corrected chi connectivity index (χ1v) is 9.15. The SMILES string of the molecule is COC(=O)C[C@H]1CN=C(Nc2nc(-c3ccccc3)c3ccccc3n2)NC1=O. The Kier molecular flexibility index (Phi) is 5.15. The molecule has 2 aromatic carbocycles. The fourth-order valence-corrected chi connectivity index (χ4v) is 3.11. The number of esters is 1. The van der Waals surface area contributed by atoms with Gasteiger partial charge >= 0.3 is 5.97 Å². The maximum Gasteiger partial charge on any atom is 0.306 e. The second-order valence-corrected chi connectivity index (χ2v) is 6.56. The molecule has 1 atom stereocenters. The lowest BCUT2D eigenvalue weighted by molar-refractivity contribution is -0.143. The lowest BCUT2D eigenvalue weighted by atomic mass is 10.0. The third-order valence-electron chi connectivity index (χ3n) is 4.60. The highest BCUT2D eigenvalue weighted by molar-refractivity contribution is 6.06. The fraction of sp³-hybridized carbons (Fsp3) is 0.190. The van der Waals surface area contributed by atoms with Crippen LogP contribution in [0.1, 0.15) is 6.42 Å². The van der Waals surface area contributed by atoms with Crippen LogP contribution >= 0.6 is 0 Å². The molecule has 1 aliphatic heterocycles. The van der Waals surface area contributed by atoms with Crippen molar-refractivity contribution in [3.63, 3.8) is 0 Å². The highest BCUT2D eigenvalue weighted by Gasteiger charge is 2.27. The molecule has 8 heteroatoms. The quantitative estimate of drug-likeness (QED) is 0.664. The van der Waals surface area contributed by atoms with Crippen LogP contribution in [-0.4, -0.2) is 41.5 Å². The largest absolute Gasteiger partial charge is 0.469 e. The molecule has 1 amide bonds. The number of fused-ring (bicyclic) bond motifs is 1. The van der Waals surface area contributed by atoms with Gasteiger partial charge in [-0.2, -0.15) is 0 Å². The van der Waals surface area contributed by atoms with Crippen molar-refractivity contribution >= 4 is 34.7 Å². The first kappa shape index (κ1) is 18.5. The summed E-state index contributed by atoms with van der Waals surface area (Å²) in [5.74, 6) is -0.706. The van der Waals surface area contributed by atoms with Crippen LogP contribution in [0.2, 0.25) is 0 Å². The molecule has 29 heavy (non-hydrogen) atoms. The Hall–Kier alpha value is -3.81. The normalized spacial score (nSPS) is 16.1. The van der Waals surface area contributed by atoms with Crippen molar-refractivity contribution in [1.82, 2.24) is 15.3 Å². The molecule has 1 aliphatic rings. The van der Waals surface area contributed by atoms with E-state index in [1.54, 1.807) is 0 Å². The average molecular weight is 389 g/mol. The zero-order valence-electron chi connectivity index (χ0n) is 15.8. The number of aromatic nitrogens is 2. The first-order chi connectivity index (χ1) is 14.1. The molecule has 0 bridgehead atoms. The third-order valence-corrected chi connectivity index (χ3v) is 4.60. The summed E-state index contributed by atoms with van der Waals surface area (Å²) in [4.78, 5) is 37.2. The van der Waals surface area contributed by atoms with Crippen LogP contribution in [0.25, 0.3) is 22.2 Å². The fourth-order valence-electron chi connectivity index (χ4n) is 3.11. The Morgan fingerprint density at radius 1 is 1.14 bits per heavy atom. The maximum absolute atomic E-state index is 12.3. The highest BCUT2D eigenvalue weighted by Crippen LogP contribution is 2.27. The van der Waals surface area contributed by atoms with Crippen molar-refractivity contribution in [3.05, 3.63) is 54.6 Å². The summed E-state index contributed by atoms with van der Waals surface area (Å²) < 4.78 is 4.62. The van der Waals surface area contributed by atoms with Crippen molar-refractivity contribution in [3.8, 4) is 11.3 Å². The standard InChI is InChI=1S/C21H19N5O3/c1-29-17(27)11-14-12-22-20(25-19(14)28)26-21-23-16-10-6-5-9-15(16)18(24-21)13-7-3-2-4-8-13/h2-10,14H,11-12H2,1H3,(H2,22,23,24,25,26,28)/t14-/m0/s1. The van der Waals surface area contributed by atoms with Gasteiger partial charge in [-0.1, -0.05) is 48.5 Å². The molecule has 0 aliphatic carbocycles. The molecular weight excluding hydrogens is 370 g/mol. The Morgan fingerprint density at radius 2 is 1.90 bits per heavy atom. The monoisotopic (exact) mass is 389 g/mol. The molecule has 8 nitrogen and oxygen atoms in total. The van der Waals surface area contributed by atoms with E-state index in [0.29, 0.717) is 5.95 Å². The van der Waals surface area contributed by atoms with Gasteiger partial charge in [0.15, 0.2) is 0 Å². The van der Waals surface area contributed by atoms with Crippen molar-refractivity contribution in [1.29, 1.82) is 0 Å². The number of aliphatic imine (C=N–C) groups is 1. The van der Waals surface area contributed by atoms with Crippen LogP contribution in [0.15, 0.2) is 59.6 Å². The van der Waals surface area contributed by atoms with E-state index in [4.69, 9.17) is 0 Å². The van der Waals surface area contributed by atoms with Crippen LogP contribution in [0.4, 0.5) is 5.95 Å². The highest BCUT2D eigenvalue weighted by atomic mass is 16.5. The van der Waals surface area contributed by atoms with Crippen molar-refractivity contribution in [2.24, 2.45) is 10.9 Å². The van der Waals surface area contributed by atoms with E-state index in [9.17, 15) is 9.59 Å². The Morgan fingerprint density at radius 3 is 2.66 bits per heavy atom. The van der Waals surface area contributed by atoms with Crippen LogP contribution in [0.5, 0.6) is 0 Å². The molecule has 1 aromatic heterocycles. The number of amides is 1. The maximum atomic E-state index is 12.3. The number of hydrogen-bond acceptors (Lipinski definition) is 7. The smallest absolute Gasteiger partial charge is 0.306 e. The first-order valence-electron chi connectivity index (χ1n) is 9.15. The molecule has 0 radical (unpaired) electrons. The second kappa shape index (κ2) is 8.05. The molecule has 4 rings (SSSR count). The number of ether oxygens (including phenoxy) is 1. The second-order valence-electron chi connectivity index (χ2n) is 6.56. The van der Waals surface area contributed by atoms with E-state index < -0.39 is 11.9 Å². The lowest BCUT2D eigenvalue weighted by Gasteiger charge is -2.21. The number of benzene rings is 2. The molecule has 3 aromatic rings. The Balaban J connectivity index is 1.62. The molecule has 0 spiro atoms. The van der Waals surface area contributed by atoms with Gasteiger partial charge in [-0.15, -0.1) is 0 Å². The number of nitrogens with one attached hydrogen (secondary N) is 2. The number of rotatable bonds is 4. The van der Waals surface area contributed by atoms with Gasteiger partial charge in [0.1, 0.15) is 0 Å². The van der Waals surface area contributed by atoms with Gasteiger partial charge in [-0.3, -0.25) is 25.2 Å². The van der Waals surface area contributed by atoms with Crippen molar-refractivity contribution in [2.75, 3.05) is 19.0 Å².